The Labute approximate surface area is 106 Å². The summed E-state index contributed by atoms with van der Waals surface area (Å²) in [6, 6.07) is 0.117. The smallest absolute Gasteiger partial charge is 0.265 e. The Hall–Kier alpha value is -1.30. The number of thiazole rings is 1. The number of rotatable bonds is 5. The highest BCUT2D eigenvalue weighted by atomic mass is 32.1. The molecule has 1 atom stereocenters. The molecule has 1 unspecified atom stereocenters. The summed E-state index contributed by atoms with van der Waals surface area (Å²) < 4.78 is 0. The Bertz CT molecular complexity index is 389. The van der Waals surface area contributed by atoms with Gasteiger partial charge in [-0.25, -0.2) is 4.98 Å². The third-order valence-electron chi connectivity index (χ3n) is 2.55. The molecule has 6 heteroatoms. The Morgan fingerprint density at radius 3 is 2.65 bits per heavy atom. The van der Waals surface area contributed by atoms with Crippen molar-refractivity contribution in [1.29, 1.82) is 0 Å². The Balaban J connectivity index is 2.75. The van der Waals surface area contributed by atoms with Gasteiger partial charge in [0, 0.05) is 12.6 Å². The van der Waals surface area contributed by atoms with E-state index in [0.29, 0.717) is 21.7 Å². The molecule has 4 N–H and O–H groups in total. The van der Waals surface area contributed by atoms with Gasteiger partial charge in [-0.3, -0.25) is 4.79 Å². The monoisotopic (exact) mass is 256 g/mol. The number of carbonyl (C=O) groups is 1. The van der Waals surface area contributed by atoms with E-state index in [1.165, 1.54) is 11.3 Å². The highest BCUT2D eigenvalue weighted by Gasteiger charge is 2.18. The summed E-state index contributed by atoms with van der Waals surface area (Å²) in [6.07, 6.45) is 0. The molecule has 0 aromatic carbocycles. The molecule has 0 saturated heterocycles. The van der Waals surface area contributed by atoms with E-state index in [2.05, 4.69) is 29.5 Å². The Morgan fingerprint density at radius 2 is 2.12 bits per heavy atom. The van der Waals surface area contributed by atoms with Crippen LogP contribution in [0.25, 0.3) is 0 Å². The lowest BCUT2D eigenvalue weighted by atomic mass is 10.1. The molecule has 0 aliphatic carbocycles. The van der Waals surface area contributed by atoms with Crippen molar-refractivity contribution in [2.75, 3.05) is 17.6 Å². The molecule has 0 saturated carbocycles. The second-order valence-electron chi connectivity index (χ2n) is 4.27. The molecular formula is C11H20N4OS. The van der Waals surface area contributed by atoms with E-state index in [1.807, 2.05) is 13.8 Å². The first kappa shape index (κ1) is 13.8. The predicted octanol–water partition coefficient (Wildman–Crippen LogP) is 1.93. The van der Waals surface area contributed by atoms with E-state index in [0.717, 1.165) is 6.54 Å². The highest BCUT2D eigenvalue weighted by Crippen LogP contribution is 2.24. The molecule has 0 aliphatic rings. The van der Waals surface area contributed by atoms with Gasteiger partial charge in [-0.2, -0.15) is 0 Å². The number of carbonyl (C=O) groups excluding carboxylic acids is 1. The van der Waals surface area contributed by atoms with Crippen LogP contribution in [-0.2, 0) is 0 Å². The van der Waals surface area contributed by atoms with Crippen LogP contribution >= 0.6 is 11.3 Å². The minimum atomic E-state index is -0.148. The van der Waals surface area contributed by atoms with Gasteiger partial charge in [0.25, 0.3) is 5.91 Å². The molecule has 1 rings (SSSR count). The van der Waals surface area contributed by atoms with Crippen molar-refractivity contribution in [3.8, 4) is 0 Å². The molecule has 1 amide bonds. The lowest BCUT2D eigenvalue weighted by Gasteiger charge is -2.16. The molecule has 17 heavy (non-hydrogen) atoms. The number of aromatic nitrogens is 1. The maximum Gasteiger partial charge on any atom is 0.265 e. The number of nitrogens with two attached hydrogens (primary N) is 1. The van der Waals surface area contributed by atoms with Crippen LogP contribution in [0.3, 0.4) is 0 Å². The van der Waals surface area contributed by atoms with Gasteiger partial charge in [0.15, 0.2) is 5.13 Å². The molecular weight excluding hydrogens is 236 g/mol. The SMILES string of the molecule is CCNc1nc(N)c(C(=O)NC(C)C(C)C)s1. The van der Waals surface area contributed by atoms with Gasteiger partial charge in [-0.05, 0) is 19.8 Å². The zero-order chi connectivity index (χ0) is 13.0. The molecule has 1 aromatic heterocycles. The molecule has 1 heterocycles. The average molecular weight is 256 g/mol. The average Bonchev–Trinajstić information content (AvgIpc) is 2.59. The van der Waals surface area contributed by atoms with E-state index >= 15 is 0 Å². The summed E-state index contributed by atoms with van der Waals surface area (Å²) >= 11 is 1.29. The van der Waals surface area contributed by atoms with Gasteiger partial charge in [0.05, 0.1) is 0 Å². The minimum absolute atomic E-state index is 0.117. The maximum atomic E-state index is 11.9. The maximum absolute atomic E-state index is 11.9. The molecule has 96 valence electrons. The van der Waals surface area contributed by atoms with Crippen molar-refractivity contribution in [3.63, 3.8) is 0 Å². The van der Waals surface area contributed by atoms with Gasteiger partial charge in [0.2, 0.25) is 0 Å². The third kappa shape index (κ3) is 3.59. The van der Waals surface area contributed by atoms with E-state index in [9.17, 15) is 4.79 Å². The first-order valence-electron chi connectivity index (χ1n) is 5.76. The number of anilines is 2. The lowest BCUT2D eigenvalue weighted by molar-refractivity contribution is 0.0935. The molecule has 0 spiro atoms. The number of nitrogens with zero attached hydrogens (tertiary/aromatic N) is 1. The molecule has 0 fully saturated rings. The number of hydrogen-bond donors (Lipinski definition) is 3. The second kappa shape index (κ2) is 5.86. The van der Waals surface area contributed by atoms with Crippen LogP contribution in [0.1, 0.15) is 37.4 Å². The number of nitrogen functional groups attached to an aromatic ring is 1. The van der Waals surface area contributed by atoms with Gasteiger partial charge < -0.3 is 16.4 Å². The summed E-state index contributed by atoms with van der Waals surface area (Å²) in [5.41, 5.74) is 5.72. The summed E-state index contributed by atoms with van der Waals surface area (Å²) in [6.45, 7) is 8.83. The molecule has 0 radical (unpaired) electrons. The highest BCUT2D eigenvalue weighted by molar-refractivity contribution is 7.18. The van der Waals surface area contributed by atoms with Gasteiger partial charge in [-0.15, -0.1) is 0 Å². The molecule has 5 nitrogen and oxygen atoms in total. The summed E-state index contributed by atoms with van der Waals surface area (Å²) in [7, 11) is 0. The van der Waals surface area contributed by atoms with Crippen LogP contribution in [0.5, 0.6) is 0 Å². The number of amides is 1. The van der Waals surface area contributed by atoms with Gasteiger partial charge in [0.1, 0.15) is 10.7 Å². The van der Waals surface area contributed by atoms with Crippen molar-refractivity contribution in [3.05, 3.63) is 4.88 Å². The van der Waals surface area contributed by atoms with Crippen molar-refractivity contribution in [1.82, 2.24) is 10.3 Å². The van der Waals surface area contributed by atoms with Crippen molar-refractivity contribution in [2.24, 2.45) is 5.92 Å². The van der Waals surface area contributed by atoms with E-state index in [-0.39, 0.29) is 11.9 Å². The third-order valence-corrected chi connectivity index (χ3v) is 3.57. The van der Waals surface area contributed by atoms with E-state index < -0.39 is 0 Å². The van der Waals surface area contributed by atoms with Gasteiger partial charge >= 0.3 is 0 Å². The molecule has 0 bridgehead atoms. The van der Waals surface area contributed by atoms with Crippen LogP contribution in [0.2, 0.25) is 0 Å². The van der Waals surface area contributed by atoms with Crippen LogP contribution in [0.15, 0.2) is 0 Å². The summed E-state index contributed by atoms with van der Waals surface area (Å²) in [4.78, 5) is 16.5. The second-order valence-corrected chi connectivity index (χ2v) is 5.27. The van der Waals surface area contributed by atoms with Crippen LogP contribution in [0, 0.1) is 5.92 Å². The van der Waals surface area contributed by atoms with Crippen molar-refractivity contribution in [2.45, 2.75) is 33.7 Å². The fraction of sp³-hybridized carbons (Fsp3) is 0.636. The summed E-state index contributed by atoms with van der Waals surface area (Å²) in [5, 5.41) is 6.65. The topological polar surface area (TPSA) is 80.0 Å². The Morgan fingerprint density at radius 1 is 1.47 bits per heavy atom. The zero-order valence-electron chi connectivity index (χ0n) is 10.7. The first-order valence-corrected chi connectivity index (χ1v) is 6.58. The quantitative estimate of drug-likeness (QED) is 0.752. The van der Waals surface area contributed by atoms with Crippen molar-refractivity contribution >= 4 is 28.2 Å². The number of nitrogens with one attached hydrogen (secondary N) is 2. The van der Waals surface area contributed by atoms with Crippen molar-refractivity contribution < 1.29 is 4.79 Å². The molecule has 0 aliphatic heterocycles. The fourth-order valence-electron chi connectivity index (χ4n) is 1.16. The number of hydrogen-bond acceptors (Lipinski definition) is 5. The van der Waals surface area contributed by atoms with E-state index in [1.54, 1.807) is 0 Å². The van der Waals surface area contributed by atoms with Crippen LogP contribution < -0.4 is 16.4 Å². The molecule has 1 aromatic rings. The predicted molar refractivity (Wildman–Crippen MR) is 72.5 cm³/mol. The zero-order valence-corrected chi connectivity index (χ0v) is 11.5. The van der Waals surface area contributed by atoms with Crippen LogP contribution in [-0.4, -0.2) is 23.5 Å². The fourth-order valence-corrected chi connectivity index (χ4v) is 2.02. The largest absolute Gasteiger partial charge is 0.382 e. The van der Waals surface area contributed by atoms with Gasteiger partial charge in [-0.1, -0.05) is 25.2 Å². The van der Waals surface area contributed by atoms with Crippen LogP contribution in [0.4, 0.5) is 10.9 Å². The standard InChI is InChI=1S/C11H20N4OS/c1-5-13-11-15-9(12)8(17-11)10(16)14-7(4)6(2)3/h6-7H,5,12H2,1-4H3,(H,13,15)(H,14,16). The van der Waals surface area contributed by atoms with E-state index in [4.69, 9.17) is 5.73 Å². The normalized spacial score (nSPS) is 12.5. The minimum Gasteiger partial charge on any atom is -0.382 e. The summed E-state index contributed by atoms with van der Waals surface area (Å²) in [5.74, 6) is 0.533. The Kier molecular flexibility index (Phi) is 4.74. The lowest BCUT2D eigenvalue weighted by Crippen LogP contribution is -2.35. The first-order chi connectivity index (χ1) is 7.95.